The van der Waals surface area contributed by atoms with Crippen LogP contribution in [-0.2, 0) is 13.6 Å². The Kier molecular flexibility index (Phi) is 4.72. The molecule has 1 fully saturated rings. The molecule has 0 bridgehead atoms. The van der Waals surface area contributed by atoms with E-state index >= 15 is 0 Å². The van der Waals surface area contributed by atoms with Crippen molar-refractivity contribution < 1.29 is 9.21 Å². The van der Waals surface area contributed by atoms with E-state index in [-0.39, 0.29) is 17.3 Å². The summed E-state index contributed by atoms with van der Waals surface area (Å²) in [5.74, 6) is 0.0452. The highest BCUT2D eigenvalue weighted by Crippen LogP contribution is 2.29. The van der Waals surface area contributed by atoms with Crippen LogP contribution in [-0.4, -0.2) is 26.4 Å². The molecule has 0 atom stereocenters. The molecule has 0 unspecified atom stereocenters. The van der Waals surface area contributed by atoms with E-state index in [0.29, 0.717) is 23.2 Å². The Morgan fingerprint density at radius 3 is 2.70 bits per heavy atom. The van der Waals surface area contributed by atoms with Crippen molar-refractivity contribution in [2.45, 2.75) is 52.1 Å². The molecule has 1 aromatic carbocycles. The number of halogens is 1. The van der Waals surface area contributed by atoms with Gasteiger partial charge in [0.2, 0.25) is 0 Å². The van der Waals surface area contributed by atoms with Crippen molar-refractivity contribution in [2.24, 2.45) is 7.05 Å². The van der Waals surface area contributed by atoms with E-state index in [2.05, 4.69) is 36.5 Å². The molecule has 5 nitrogen and oxygen atoms in total. The van der Waals surface area contributed by atoms with Gasteiger partial charge in [0.25, 0.3) is 11.3 Å². The first-order valence-electron chi connectivity index (χ1n) is 9.43. The van der Waals surface area contributed by atoms with Gasteiger partial charge in [-0.05, 0) is 68.1 Å². The normalized spacial score (nSPS) is 15.0. The number of benzene rings is 1. The highest BCUT2D eigenvalue weighted by atomic mass is 35.5. The zero-order valence-corrected chi connectivity index (χ0v) is 16.7. The quantitative estimate of drug-likeness (QED) is 0.633. The molecule has 1 saturated carbocycles. The van der Waals surface area contributed by atoms with Gasteiger partial charge >= 0.3 is 0 Å². The lowest BCUT2D eigenvalue weighted by Gasteiger charge is -2.29. The van der Waals surface area contributed by atoms with E-state index in [9.17, 15) is 4.79 Å². The van der Waals surface area contributed by atoms with Crippen LogP contribution in [0.1, 0.15) is 53.0 Å². The van der Waals surface area contributed by atoms with Gasteiger partial charge < -0.3 is 13.9 Å². The topological polar surface area (TPSA) is 51.3 Å². The summed E-state index contributed by atoms with van der Waals surface area (Å²) in [5, 5.41) is 0.0950. The molecule has 142 valence electrons. The summed E-state index contributed by atoms with van der Waals surface area (Å²) in [7, 11) is 2.07. The smallest absolute Gasteiger partial charge is 0.293 e. The van der Waals surface area contributed by atoms with Crippen molar-refractivity contribution in [3.05, 3.63) is 52.1 Å². The third-order valence-electron chi connectivity index (χ3n) is 5.86. The number of carbonyl (C=O) groups is 1. The number of fused-ring (bicyclic) bond motifs is 1. The van der Waals surface area contributed by atoms with Crippen LogP contribution in [0.2, 0.25) is 5.35 Å². The number of rotatable bonds is 4. The van der Waals surface area contributed by atoms with E-state index in [1.54, 1.807) is 18.2 Å². The highest BCUT2D eigenvalue weighted by molar-refractivity contribution is 6.28. The minimum absolute atomic E-state index is 0.0452. The van der Waals surface area contributed by atoms with E-state index in [1.807, 2.05) is 4.90 Å². The predicted molar refractivity (Wildman–Crippen MR) is 106 cm³/mol. The van der Waals surface area contributed by atoms with Crippen molar-refractivity contribution in [1.29, 1.82) is 0 Å². The molecule has 2 heterocycles. The minimum Gasteiger partial charge on any atom is -0.428 e. The van der Waals surface area contributed by atoms with Crippen molar-refractivity contribution in [1.82, 2.24) is 14.5 Å². The van der Waals surface area contributed by atoms with Crippen molar-refractivity contribution in [3.8, 4) is 0 Å². The third-order valence-corrected chi connectivity index (χ3v) is 6.02. The van der Waals surface area contributed by atoms with Gasteiger partial charge in [-0.3, -0.25) is 4.79 Å². The van der Waals surface area contributed by atoms with Gasteiger partial charge in [0.15, 0.2) is 5.58 Å². The lowest BCUT2D eigenvalue weighted by molar-refractivity contribution is 0.0664. The Morgan fingerprint density at radius 1 is 1.30 bits per heavy atom. The molecular weight excluding hydrogens is 362 g/mol. The molecule has 0 N–H and O–H groups in total. The van der Waals surface area contributed by atoms with Gasteiger partial charge in [-0.15, -0.1) is 0 Å². The highest BCUT2D eigenvalue weighted by Gasteiger charge is 2.28. The molecule has 0 saturated heterocycles. The monoisotopic (exact) mass is 385 g/mol. The van der Waals surface area contributed by atoms with Gasteiger partial charge in [0, 0.05) is 36.6 Å². The van der Waals surface area contributed by atoms with E-state index < -0.39 is 0 Å². The average Bonchev–Trinajstić information content (AvgIpc) is 3.35. The molecule has 1 amide bonds. The molecule has 1 aliphatic rings. The first-order chi connectivity index (χ1) is 12.9. The fraction of sp³-hybridized carbons (Fsp3) is 0.429. The molecule has 6 heteroatoms. The number of amides is 1. The van der Waals surface area contributed by atoms with Gasteiger partial charge in [-0.1, -0.05) is 12.8 Å². The van der Waals surface area contributed by atoms with E-state index in [1.165, 1.54) is 29.8 Å². The van der Waals surface area contributed by atoms with Crippen LogP contribution in [0.3, 0.4) is 0 Å². The number of hydrogen-bond donors (Lipinski definition) is 0. The second kappa shape index (κ2) is 7.04. The van der Waals surface area contributed by atoms with Gasteiger partial charge in [0.1, 0.15) is 5.52 Å². The molecular formula is C21H24ClN3O2. The minimum atomic E-state index is 0.0452. The summed E-state index contributed by atoms with van der Waals surface area (Å²) in [6, 6.07) is 7.82. The zero-order chi connectivity index (χ0) is 19.1. The second-order valence-electron chi connectivity index (χ2n) is 7.48. The molecule has 0 aliphatic heterocycles. The van der Waals surface area contributed by atoms with Gasteiger partial charge in [-0.25, -0.2) is 0 Å². The standard InChI is InChI=1S/C21H24ClN3O2/c1-13-10-16(14(2)24(13)3)12-25(17-6-4-5-7-17)20(26)15-8-9-19-18(11-15)23-21(22)27-19/h8-11,17H,4-7,12H2,1-3H3. The molecule has 27 heavy (non-hydrogen) atoms. The summed E-state index contributed by atoms with van der Waals surface area (Å²) in [6.07, 6.45) is 4.49. The van der Waals surface area contributed by atoms with Crippen LogP contribution >= 0.6 is 11.6 Å². The lowest BCUT2D eigenvalue weighted by Crippen LogP contribution is -2.38. The summed E-state index contributed by atoms with van der Waals surface area (Å²) < 4.78 is 7.49. The number of aryl methyl sites for hydroxylation is 1. The Morgan fingerprint density at radius 2 is 2.04 bits per heavy atom. The predicted octanol–water partition coefficient (Wildman–Crippen LogP) is 5.02. The summed E-state index contributed by atoms with van der Waals surface area (Å²) in [6.45, 7) is 4.85. The van der Waals surface area contributed by atoms with Gasteiger partial charge in [0.05, 0.1) is 0 Å². The van der Waals surface area contributed by atoms with Crippen molar-refractivity contribution in [3.63, 3.8) is 0 Å². The Bertz CT molecular complexity index is 998. The second-order valence-corrected chi connectivity index (χ2v) is 7.80. The fourth-order valence-electron chi connectivity index (χ4n) is 4.06. The van der Waals surface area contributed by atoms with Crippen molar-refractivity contribution in [2.75, 3.05) is 0 Å². The largest absolute Gasteiger partial charge is 0.428 e. The van der Waals surface area contributed by atoms with Crippen LogP contribution in [0.5, 0.6) is 0 Å². The zero-order valence-electron chi connectivity index (χ0n) is 16.0. The maximum Gasteiger partial charge on any atom is 0.293 e. The molecule has 2 aromatic heterocycles. The van der Waals surface area contributed by atoms with Crippen LogP contribution in [0.15, 0.2) is 28.7 Å². The van der Waals surface area contributed by atoms with Crippen LogP contribution < -0.4 is 0 Å². The summed E-state index contributed by atoms with van der Waals surface area (Å²) in [4.78, 5) is 19.6. The molecule has 4 rings (SSSR count). The van der Waals surface area contributed by atoms with E-state index in [0.717, 1.165) is 12.8 Å². The maximum absolute atomic E-state index is 13.4. The van der Waals surface area contributed by atoms with E-state index in [4.69, 9.17) is 16.0 Å². The number of carbonyl (C=O) groups excluding carboxylic acids is 1. The number of hydrogen-bond acceptors (Lipinski definition) is 3. The van der Waals surface area contributed by atoms with Gasteiger partial charge in [-0.2, -0.15) is 4.98 Å². The summed E-state index contributed by atoms with van der Waals surface area (Å²) >= 11 is 5.85. The Hall–Kier alpha value is -2.27. The average molecular weight is 386 g/mol. The first kappa shape index (κ1) is 18.1. The van der Waals surface area contributed by atoms with Crippen LogP contribution in [0, 0.1) is 13.8 Å². The van der Waals surface area contributed by atoms with Crippen LogP contribution in [0.4, 0.5) is 0 Å². The molecule has 1 aliphatic carbocycles. The molecule has 0 spiro atoms. The first-order valence-corrected chi connectivity index (χ1v) is 9.80. The molecule has 3 aromatic rings. The van der Waals surface area contributed by atoms with Crippen LogP contribution in [0.25, 0.3) is 11.1 Å². The van der Waals surface area contributed by atoms with Crippen molar-refractivity contribution >= 4 is 28.6 Å². The fourth-order valence-corrected chi connectivity index (χ4v) is 4.23. The maximum atomic E-state index is 13.4. The third kappa shape index (κ3) is 3.36. The number of nitrogens with zero attached hydrogens (tertiary/aromatic N) is 3. The molecule has 0 radical (unpaired) electrons. The lowest BCUT2D eigenvalue weighted by atomic mass is 10.1. The SMILES string of the molecule is Cc1cc(CN(C(=O)c2ccc3oc(Cl)nc3c2)C2CCCC2)c(C)n1C. The summed E-state index contributed by atoms with van der Waals surface area (Å²) in [5.41, 5.74) is 5.47. The Labute approximate surface area is 163 Å². The number of aromatic nitrogens is 2. The number of oxazole rings is 1. The Balaban J connectivity index is 1.68.